The van der Waals surface area contributed by atoms with Crippen molar-refractivity contribution in [1.82, 2.24) is 15.2 Å². The number of thioether (sulfide) groups is 1. The summed E-state index contributed by atoms with van der Waals surface area (Å²) >= 11 is 1.42. The lowest BCUT2D eigenvalue weighted by Crippen LogP contribution is -2.38. The second-order valence-corrected chi connectivity index (χ2v) is 8.88. The lowest BCUT2D eigenvalue weighted by atomic mass is 9.93. The van der Waals surface area contributed by atoms with E-state index in [0.29, 0.717) is 34.5 Å². The summed E-state index contributed by atoms with van der Waals surface area (Å²) in [6.45, 7) is 4.17. The molecule has 1 atom stereocenters. The van der Waals surface area contributed by atoms with Gasteiger partial charge in [-0.3, -0.25) is 9.78 Å². The normalized spacial score (nSPS) is 16.7. The number of ether oxygens (including phenoxy) is 3. The van der Waals surface area contributed by atoms with Crippen LogP contribution in [0.25, 0.3) is 0 Å². The number of allylic oxidation sites excluding steroid dienone is 1. The first-order chi connectivity index (χ1) is 17.5. The van der Waals surface area contributed by atoms with Crippen LogP contribution in [-0.4, -0.2) is 47.8 Å². The average Bonchev–Trinajstić information content (AvgIpc) is 3.28. The van der Waals surface area contributed by atoms with Crippen LogP contribution in [0.5, 0.6) is 11.5 Å². The fourth-order valence-electron chi connectivity index (χ4n) is 4.11. The van der Waals surface area contributed by atoms with E-state index in [4.69, 9.17) is 14.2 Å². The number of nitrogens with one attached hydrogen (secondary N) is 1. The van der Waals surface area contributed by atoms with Gasteiger partial charge in [0.15, 0.2) is 16.7 Å². The molecule has 1 aromatic carbocycles. The van der Waals surface area contributed by atoms with Gasteiger partial charge in [0.2, 0.25) is 5.91 Å². The summed E-state index contributed by atoms with van der Waals surface area (Å²) in [6.07, 6.45) is 3.52. The van der Waals surface area contributed by atoms with E-state index in [1.54, 1.807) is 46.5 Å². The molecule has 1 aromatic heterocycles. The van der Waals surface area contributed by atoms with Gasteiger partial charge in [-0.15, -0.1) is 0 Å². The highest BCUT2D eigenvalue weighted by atomic mass is 32.2. The van der Waals surface area contributed by atoms with Gasteiger partial charge in [0.1, 0.15) is 0 Å². The van der Waals surface area contributed by atoms with Crippen molar-refractivity contribution >= 4 is 28.8 Å². The maximum absolute atomic E-state index is 13.1. The Morgan fingerprint density at radius 1 is 1.17 bits per heavy atom. The van der Waals surface area contributed by atoms with E-state index in [9.17, 15) is 9.59 Å². The van der Waals surface area contributed by atoms with Crippen molar-refractivity contribution in [3.63, 3.8) is 0 Å². The van der Waals surface area contributed by atoms with Crippen LogP contribution in [0.15, 0.2) is 70.1 Å². The highest BCUT2D eigenvalue weighted by Crippen LogP contribution is 2.46. The van der Waals surface area contributed by atoms with Crippen LogP contribution in [0.4, 0.5) is 0 Å². The van der Waals surface area contributed by atoms with Gasteiger partial charge >= 0.3 is 5.97 Å². The van der Waals surface area contributed by atoms with Gasteiger partial charge in [0.05, 0.1) is 44.6 Å². The van der Waals surface area contributed by atoms with Gasteiger partial charge in [-0.25, -0.2) is 9.79 Å². The molecule has 0 aliphatic carbocycles. The molecule has 188 valence electrons. The standard InChI is InChI=1S/C26H28N4O5S/c1-5-35-25(32)23-16(2)29-26-30(24(23)18-8-9-20(33-3)21(11-18)34-4)19(15-36-26)12-22(31)28-14-17-7-6-10-27-13-17/h6-11,13,15,24H,5,12,14H2,1-4H3,(H,28,31)/t24-/m1/s1. The molecule has 36 heavy (non-hydrogen) atoms. The number of hydrogen-bond donors (Lipinski definition) is 1. The molecule has 0 bridgehead atoms. The van der Waals surface area contributed by atoms with Gasteiger partial charge in [-0.2, -0.15) is 0 Å². The highest BCUT2D eigenvalue weighted by Gasteiger charge is 2.41. The summed E-state index contributed by atoms with van der Waals surface area (Å²) in [5.41, 5.74) is 3.41. The summed E-state index contributed by atoms with van der Waals surface area (Å²) in [5.74, 6) is 0.508. The predicted molar refractivity (Wildman–Crippen MR) is 137 cm³/mol. The Balaban J connectivity index is 1.66. The second-order valence-electron chi connectivity index (χ2n) is 8.04. The number of esters is 1. The van der Waals surface area contributed by atoms with Gasteiger partial charge < -0.3 is 24.4 Å². The number of aliphatic imine (C=N–C) groups is 1. The smallest absolute Gasteiger partial charge is 0.338 e. The molecule has 2 aromatic rings. The van der Waals surface area contributed by atoms with E-state index in [-0.39, 0.29) is 18.9 Å². The molecule has 1 N–H and O–H groups in total. The van der Waals surface area contributed by atoms with Gasteiger partial charge in [-0.05, 0) is 48.6 Å². The number of methoxy groups -OCH3 is 2. The number of aromatic nitrogens is 1. The number of hydrogen-bond acceptors (Lipinski definition) is 9. The second kappa shape index (κ2) is 11.3. The van der Waals surface area contributed by atoms with E-state index in [1.807, 2.05) is 34.6 Å². The molecule has 10 heteroatoms. The van der Waals surface area contributed by atoms with Crippen molar-refractivity contribution in [2.45, 2.75) is 32.9 Å². The molecule has 1 amide bonds. The molecule has 0 fully saturated rings. The Kier molecular flexibility index (Phi) is 7.94. The molecule has 0 unspecified atom stereocenters. The summed E-state index contributed by atoms with van der Waals surface area (Å²) in [5, 5.41) is 5.53. The third kappa shape index (κ3) is 5.23. The van der Waals surface area contributed by atoms with Crippen molar-refractivity contribution in [2.75, 3.05) is 20.8 Å². The monoisotopic (exact) mass is 508 g/mol. The minimum atomic E-state index is -0.552. The number of nitrogens with zero attached hydrogens (tertiary/aromatic N) is 3. The first kappa shape index (κ1) is 25.3. The first-order valence-electron chi connectivity index (χ1n) is 11.5. The molecule has 3 heterocycles. The van der Waals surface area contributed by atoms with E-state index in [1.165, 1.54) is 11.8 Å². The molecule has 0 saturated heterocycles. The number of carbonyl (C=O) groups is 2. The van der Waals surface area contributed by atoms with Gasteiger partial charge in [0, 0.05) is 24.6 Å². The molecule has 4 rings (SSSR count). The van der Waals surface area contributed by atoms with Gasteiger partial charge in [-0.1, -0.05) is 23.9 Å². The van der Waals surface area contributed by atoms with E-state index in [2.05, 4.69) is 15.3 Å². The molecule has 2 aliphatic rings. The highest BCUT2D eigenvalue weighted by molar-refractivity contribution is 8.16. The lowest BCUT2D eigenvalue weighted by molar-refractivity contribution is -0.139. The zero-order valence-electron chi connectivity index (χ0n) is 20.6. The van der Waals surface area contributed by atoms with Crippen LogP contribution < -0.4 is 14.8 Å². The van der Waals surface area contributed by atoms with Crippen LogP contribution in [0.2, 0.25) is 0 Å². The first-order valence-corrected chi connectivity index (χ1v) is 12.3. The Morgan fingerprint density at radius 3 is 2.67 bits per heavy atom. The molecule has 2 aliphatic heterocycles. The van der Waals surface area contributed by atoms with Crippen LogP contribution in [-0.2, 0) is 20.9 Å². The van der Waals surface area contributed by atoms with Crippen LogP contribution in [0, 0.1) is 0 Å². The predicted octanol–water partition coefficient (Wildman–Crippen LogP) is 3.94. The third-order valence-electron chi connectivity index (χ3n) is 5.77. The number of amides is 1. The Morgan fingerprint density at radius 2 is 1.97 bits per heavy atom. The molecule has 0 spiro atoms. The van der Waals surface area contributed by atoms with Crippen LogP contribution >= 0.6 is 11.8 Å². The Bertz CT molecular complexity index is 1240. The number of amidine groups is 1. The van der Waals surface area contributed by atoms with Crippen LogP contribution in [0.3, 0.4) is 0 Å². The maximum atomic E-state index is 13.1. The number of fused-ring (bicyclic) bond motifs is 1. The SMILES string of the molecule is CCOC(=O)C1=C(C)N=C2SC=C(CC(=O)NCc3cccnc3)N2[C@@H]1c1ccc(OC)c(OC)c1. The van der Waals surface area contributed by atoms with Crippen molar-refractivity contribution in [1.29, 1.82) is 0 Å². The zero-order valence-corrected chi connectivity index (χ0v) is 21.4. The lowest BCUT2D eigenvalue weighted by Gasteiger charge is -2.36. The van der Waals surface area contributed by atoms with E-state index < -0.39 is 12.0 Å². The van der Waals surface area contributed by atoms with E-state index >= 15 is 0 Å². The molecule has 0 saturated carbocycles. The van der Waals surface area contributed by atoms with E-state index in [0.717, 1.165) is 16.8 Å². The van der Waals surface area contributed by atoms with Crippen molar-refractivity contribution in [3.05, 3.63) is 76.2 Å². The quantitative estimate of drug-likeness (QED) is 0.508. The minimum absolute atomic E-state index is 0.116. The summed E-state index contributed by atoms with van der Waals surface area (Å²) in [4.78, 5) is 36.6. The average molecular weight is 509 g/mol. The maximum Gasteiger partial charge on any atom is 0.338 e. The van der Waals surface area contributed by atoms with Crippen molar-refractivity contribution in [3.8, 4) is 11.5 Å². The molecule has 0 radical (unpaired) electrons. The summed E-state index contributed by atoms with van der Waals surface area (Å²) in [7, 11) is 3.13. The number of benzene rings is 1. The fraction of sp³-hybridized carbons (Fsp3) is 0.308. The molecular formula is C26H28N4O5S. The third-order valence-corrected chi connectivity index (χ3v) is 6.66. The largest absolute Gasteiger partial charge is 0.493 e. The summed E-state index contributed by atoms with van der Waals surface area (Å²) in [6, 6.07) is 8.69. The molecular weight excluding hydrogens is 480 g/mol. The molecule has 9 nitrogen and oxygen atoms in total. The van der Waals surface area contributed by atoms with Crippen LogP contribution in [0.1, 0.15) is 37.4 Å². The number of carbonyl (C=O) groups excluding carboxylic acids is 2. The fourth-order valence-corrected chi connectivity index (χ4v) is 5.07. The topological polar surface area (TPSA) is 102 Å². The number of rotatable bonds is 9. The van der Waals surface area contributed by atoms with Crippen molar-refractivity contribution < 1.29 is 23.8 Å². The number of pyridine rings is 1. The van der Waals surface area contributed by atoms with Crippen molar-refractivity contribution in [2.24, 2.45) is 4.99 Å². The summed E-state index contributed by atoms with van der Waals surface area (Å²) < 4.78 is 16.3. The Labute approximate surface area is 214 Å². The zero-order chi connectivity index (χ0) is 25.7. The minimum Gasteiger partial charge on any atom is -0.493 e. The Hall–Kier alpha value is -3.79. The van der Waals surface area contributed by atoms with Gasteiger partial charge in [0.25, 0.3) is 0 Å².